The number of hydrogen-bond donors (Lipinski definition) is 3. The molecule has 3 N–H and O–H groups in total. The van der Waals surface area contributed by atoms with Crippen molar-refractivity contribution in [3.05, 3.63) is 54.1 Å². The van der Waals surface area contributed by atoms with E-state index in [1.165, 1.54) is 24.0 Å². The molecule has 8 nitrogen and oxygen atoms in total. The Kier molecular flexibility index (Phi) is 6.23. The molecule has 1 atom stereocenters. The van der Waals surface area contributed by atoms with Crippen LogP contribution in [0.5, 0.6) is 0 Å². The van der Waals surface area contributed by atoms with Gasteiger partial charge in [0.05, 0.1) is 16.5 Å². The minimum Gasteiger partial charge on any atom is -0.336 e. The normalized spacial score (nSPS) is 15.5. The first-order valence-electron chi connectivity index (χ1n) is 9.14. The molecule has 3 rings (SSSR count). The first-order chi connectivity index (χ1) is 14.5. The van der Waals surface area contributed by atoms with Crippen molar-refractivity contribution < 1.29 is 31.2 Å². The molecule has 0 spiro atoms. The topological polar surface area (TPSA) is 108 Å². The summed E-state index contributed by atoms with van der Waals surface area (Å²) in [6, 6.07) is 8.39. The molecule has 0 bridgehead atoms. The van der Waals surface area contributed by atoms with Gasteiger partial charge in [-0.3, -0.25) is 9.69 Å². The molecule has 166 valence electrons. The van der Waals surface area contributed by atoms with Crippen LogP contribution < -0.4 is 20.3 Å². The Labute approximate surface area is 176 Å². The quantitative estimate of drug-likeness (QED) is 0.621. The van der Waals surface area contributed by atoms with Crippen LogP contribution in [0.25, 0.3) is 0 Å². The van der Waals surface area contributed by atoms with Crippen molar-refractivity contribution in [1.29, 1.82) is 0 Å². The van der Waals surface area contributed by atoms with Crippen LogP contribution in [0.15, 0.2) is 53.4 Å². The summed E-state index contributed by atoms with van der Waals surface area (Å²) in [5.74, 6) is -0.781. The standard InChI is InChI=1S/C19H19F3N4O4S/c1-12(25-31(29,30)16-8-3-2-7-15(16)19(20,21)22)17(27)24-13-5-4-6-14(11-13)26-10-9-23-18(26)28/h2-8,11-12,25H,9-10H2,1H3,(H,23,28)(H,24,27)/t12-/m0/s1. The highest BCUT2D eigenvalue weighted by molar-refractivity contribution is 7.89. The van der Waals surface area contributed by atoms with E-state index in [2.05, 4.69) is 10.6 Å². The number of benzene rings is 2. The summed E-state index contributed by atoms with van der Waals surface area (Å²) in [7, 11) is -4.63. The minimum atomic E-state index is -4.88. The van der Waals surface area contributed by atoms with Crippen LogP contribution >= 0.6 is 0 Å². The van der Waals surface area contributed by atoms with E-state index >= 15 is 0 Å². The van der Waals surface area contributed by atoms with E-state index in [-0.39, 0.29) is 6.03 Å². The van der Waals surface area contributed by atoms with E-state index in [1.54, 1.807) is 12.1 Å². The third kappa shape index (κ3) is 5.14. The van der Waals surface area contributed by atoms with Gasteiger partial charge in [-0.2, -0.15) is 17.9 Å². The largest absolute Gasteiger partial charge is 0.417 e. The summed E-state index contributed by atoms with van der Waals surface area (Å²) in [5.41, 5.74) is -0.504. The Bertz CT molecular complexity index is 1110. The summed E-state index contributed by atoms with van der Waals surface area (Å²) in [4.78, 5) is 24.7. The summed E-state index contributed by atoms with van der Waals surface area (Å²) < 4.78 is 66.4. The van der Waals surface area contributed by atoms with Gasteiger partial charge < -0.3 is 10.6 Å². The van der Waals surface area contributed by atoms with Gasteiger partial charge in [-0.1, -0.05) is 18.2 Å². The van der Waals surface area contributed by atoms with E-state index in [1.807, 2.05) is 4.72 Å². The first kappa shape index (κ1) is 22.6. The summed E-state index contributed by atoms with van der Waals surface area (Å²) in [6.07, 6.45) is -4.88. The third-order valence-corrected chi connectivity index (χ3v) is 6.09. The third-order valence-electron chi connectivity index (χ3n) is 4.49. The molecule has 0 unspecified atom stereocenters. The van der Waals surface area contributed by atoms with Crippen LogP contribution in [-0.4, -0.2) is 39.5 Å². The molecule has 0 aromatic heterocycles. The number of nitrogens with one attached hydrogen (secondary N) is 3. The number of hydrogen-bond acceptors (Lipinski definition) is 4. The number of carbonyl (C=O) groups is 2. The van der Waals surface area contributed by atoms with Gasteiger partial charge in [0.25, 0.3) is 0 Å². The number of amides is 3. The molecule has 31 heavy (non-hydrogen) atoms. The lowest BCUT2D eigenvalue weighted by atomic mass is 10.2. The smallest absolute Gasteiger partial charge is 0.336 e. The van der Waals surface area contributed by atoms with E-state index in [4.69, 9.17) is 0 Å². The number of rotatable bonds is 6. The molecule has 1 aliphatic heterocycles. The van der Waals surface area contributed by atoms with Gasteiger partial charge in [0, 0.05) is 24.5 Å². The highest BCUT2D eigenvalue weighted by Crippen LogP contribution is 2.34. The fourth-order valence-electron chi connectivity index (χ4n) is 3.00. The Hall–Kier alpha value is -3.12. The van der Waals surface area contributed by atoms with Crippen LogP contribution in [0, 0.1) is 0 Å². The van der Waals surface area contributed by atoms with Crippen molar-refractivity contribution in [1.82, 2.24) is 10.0 Å². The van der Waals surface area contributed by atoms with Crippen molar-refractivity contribution in [2.24, 2.45) is 0 Å². The Morgan fingerprint density at radius 1 is 1.16 bits per heavy atom. The highest BCUT2D eigenvalue weighted by atomic mass is 32.2. The van der Waals surface area contributed by atoms with Crippen molar-refractivity contribution in [3.8, 4) is 0 Å². The number of halogens is 3. The second-order valence-corrected chi connectivity index (χ2v) is 8.44. The van der Waals surface area contributed by atoms with Gasteiger partial charge >= 0.3 is 12.2 Å². The lowest BCUT2D eigenvalue weighted by Gasteiger charge is -2.18. The Morgan fingerprint density at radius 3 is 2.52 bits per heavy atom. The highest BCUT2D eigenvalue weighted by Gasteiger charge is 2.37. The molecule has 12 heteroatoms. The van der Waals surface area contributed by atoms with Crippen LogP contribution in [0.1, 0.15) is 12.5 Å². The average Bonchev–Trinajstić information content (AvgIpc) is 3.13. The molecular formula is C19H19F3N4O4S. The fraction of sp³-hybridized carbons (Fsp3) is 0.263. The van der Waals surface area contributed by atoms with Gasteiger partial charge in [-0.05, 0) is 37.3 Å². The molecule has 0 aliphatic carbocycles. The molecule has 0 saturated carbocycles. The predicted molar refractivity (Wildman–Crippen MR) is 107 cm³/mol. The summed E-state index contributed by atoms with van der Waals surface area (Å²) >= 11 is 0. The van der Waals surface area contributed by atoms with Gasteiger partial charge in [0.15, 0.2) is 0 Å². The van der Waals surface area contributed by atoms with Gasteiger partial charge in [-0.25, -0.2) is 13.2 Å². The molecule has 1 saturated heterocycles. The SMILES string of the molecule is C[C@H](NS(=O)(=O)c1ccccc1C(F)(F)F)C(=O)Nc1cccc(N2CCNC2=O)c1. The zero-order chi connectivity index (χ0) is 22.8. The Morgan fingerprint density at radius 2 is 1.87 bits per heavy atom. The first-order valence-corrected chi connectivity index (χ1v) is 10.6. The van der Waals surface area contributed by atoms with Crippen LogP contribution in [0.2, 0.25) is 0 Å². The van der Waals surface area contributed by atoms with Crippen LogP contribution in [0.3, 0.4) is 0 Å². The molecule has 2 aromatic carbocycles. The van der Waals surface area contributed by atoms with Crippen LogP contribution in [-0.2, 0) is 21.0 Å². The zero-order valence-corrected chi connectivity index (χ0v) is 17.0. The number of anilines is 2. The van der Waals surface area contributed by atoms with E-state index in [0.29, 0.717) is 30.5 Å². The van der Waals surface area contributed by atoms with Crippen molar-refractivity contribution in [2.75, 3.05) is 23.3 Å². The van der Waals surface area contributed by atoms with Crippen molar-refractivity contribution in [2.45, 2.75) is 24.0 Å². The molecule has 1 fully saturated rings. The van der Waals surface area contributed by atoms with Crippen molar-refractivity contribution in [3.63, 3.8) is 0 Å². The number of urea groups is 1. The number of sulfonamides is 1. The Balaban J connectivity index is 1.74. The fourth-order valence-corrected chi connectivity index (χ4v) is 4.44. The van der Waals surface area contributed by atoms with Gasteiger partial charge in [0.2, 0.25) is 15.9 Å². The lowest BCUT2D eigenvalue weighted by molar-refractivity contribution is -0.139. The van der Waals surface area contributed by atoms with Gasteiger partial charge in [0.1, 0.15) is 0 Å². The summed E-state index contributed by atoms with van der Waals surface area (Å²) in [6.45, 7) is 2.14. The summed E-state index contributed by atoms with van der Waals surface area (Å²) in [5, 5.41) is 5.14. The molecular weight excluding hydrogens is 437 g/mol. The van der Waals surface area contributed by atoms with Crippen molar-refractivity contribution >= 4 is 33.3 Å². The predicted octanol–water partition coefficient (Wildman–Crippen LogP) is 2.54. The molecule has 1 aliphatic rings. The molecule has 2 aromatic rings. The molecule has 3 amide bonds. The minimum absolute atomic E-state index is 0.284. The lowest BCUT2D eigenvalue weighted by Crippen LogP contribution is -2.42. The maximum absolute atomic E-state index is 13.2. The number of alkyl halides is 3. The number of carbonyl (C=O) groups excluding carboxylic acids is 2. The van der Waals surface area contributed by atoms with E-state index in [0.717, 1.165) is 18.2 Å². The maximum Gasteiger partial charge on any atom is 0.417 e. The molecule has 0 radical (unpaired) electrons. The average molecular weight is 456 g/mol. The maximum atomic E-state index is 13.2. The second-order valence-electron chi connectivity index (χ2n) is 6.76. The monoisotopic (exact) mass is 456 g/mol. The van der Waals surface area contributed by atoms with E-state index < -0.39 is 38.6 Å². The van der Waals surface area contributed by atoms with E-state index in [9.17, 15) is 31.2 Å². The molecule has 1 heterocycles. The second kappa shape index (κ2) is 8.55. The number of nitrogens with zero attached hydrogens (tertiary/aromatic N) is 1. The zero-order valence-electron chi connectivity index (χ0n) is 16.2. The van der Waals surface area contributed by atoms with Gasteiger partial charge in [-0.15, -0.1) is 0 Å². The van der Waals surface area contributed by atoms with Crippen LogP contribution in [0.4, 0.5) is 29.3 Å².